The van der Waals surface area contributed by atoms with Crippen LogP contribution in [0.15, 0.2) is 12.3 Å². The Hall–Kier alpha value is -1.69. The molecule has 0 bridgehead atoms. The lowest BCUT2D eigenvalue weighted by Gasteiger charge is -2.24. The van der Waals surface area contributed by atoms with Crippen LogP contribution in [-0.2, 0) is 0 Å². The first-order valence-electron chi connectivity index (χ1n) is 7.42. The van der Waals surface area contributed by atoms with Gasteiger partial charge in [0.05, 0.1) is 11.8 Å². The summed E-state index contributed by atoms with van der Waals surface area (Å²) < 4.78 is 13.3. The highest BCUT2D eigenvalue weighted by Crippen LogP contribution is 2.26. The van der Waals surface area contributed by atoms with Gasteiger partial charge in [0.25, 0.3) is 5.91 Å². The molecule has 1 aromatic heterocycles. The van der Waals surface area contributed by atoms with Gasteiger partial charge >= 0.3 is 0 Å². The fourth-order valence-electron chi connectivity index (χ4n) is 2.24. The summed E-state index contributed by atoms with van der Waals surface area (Å²) in [5.41, 5.74) is 0.248. The van der Waals surface area contributed by atoms with E-state index in [0.29, 0.717) is 24.9 Å². The first-order chi connectivity index (χ1) is 10.0. The number of nitrogens with zero attached hydrogens (tertiary/aromatic N) is 2. The van der Waals surface area contributed by atoms with E-state index >= 15 is 0 Å². The maximum absolute atomic E-state index is 13.3. The minimum absolute atomic E-state index is 0.248. The third-order valence-corrected chi connectivity index (χ3v) is 3.82. The van der Waals surface area contributed by atoms with Crippen molar-refractivity contribution < 1.29 is 9.18 Å². The molecule has 116 valence electrons. The van der Waals surface area contributed by atoms with Gasteiger partial charge in [0.15, 0.2) is 0 Å². The number of likely N-dealkylation sites (N-methyl/N-ethyl adjacent to an activating group) is 1. The lowest BCUT2D eigenvalue weighted by Crippen LogP contribution is -2.41. The summed E-state index contributed by atoms with van der Waals surface area (Å²) in [4.78, 5) is 18.4. The van der Waals surface area contributed by atoms with E-state index in [1.54, 1.807) is 0 Å². The van der Waals surface area contributed by atoms with E-state index in [2.05, 4.69) is 34.5 Å². The van der Waals surface area contributed by atoms with Gasteiger partial charge < -0.3 is 10.6 Å². The number of hydrogen-bond acceptors (Lipinski definition) is 4. The molecular formula is C15H23FN4O. The van der Waals surface area contributed by atoms with Gasteiger partial charge in [-0.1, -0.05) is 0 Å². The lowest BCUT2D eigenvalue weighted by atomic mass is 10.2. The normalized spacial score (nSPS) is 15.9. The van der Waals surface area contributed by atoms with E-state index in [-0.39, 0.29) is 17.5 Å². The number of carbonyl (C=O) groups is 1. The molecule has 0 aliphatic heterocycles. The quantitative estimate of drug-likeness (QED) is 0.806. The summed E-state index contributed by atoms with van der Waals surface area (Å²) in [6.07, 6.45) is 3.57. The SMILES string of the molecule is CCNc1ncc(F)cc1C(=O)NCC(C)N(C)C1CC1. The van der Waals surface area contributed by atoms with Gasteiger partial charge in [-0.15, -0.1) is 0 Å². The Kier molecular flexibility index (Phi) is 5.12. The van der Waals surface area contributed by atoms with E-state index in [0.717, 1.165) is 6.20 Å². The number of pyridine rings is 1. The van der Waals surface area contributed by atoms with Crippen LogP contribution >= 0.6 is 0 Å². The second-order valence-corrected chi connectivity index (χ2v) is 5.54. The molecule has 1 amide bonds. The zero-order chi connectivity index (χ0) is 15.4. The Bertz CT molecular complexity index is 504. The Morgan fingerprint density at radius 3 is 2.90 bits per heavy atom. The van der Waals surface area contributed by atoms with Crippen LogP contribution in [0.4, 0.5) is 10.2 Å². The standard InChI is InChI=1S/C15H23FN4O/c1-4-17-14-13(7-11(16)9-18-14)15(21)19-8-10(2)20(3)12-5-6-12/h7,9-10,12H,4-6,8H2,1-3H3,(H,17,18)(H,19,21). The molecule has 1 fully saturated rings. The molecule has 6 heteroatoms. The van der Waals surface area contributed by atoms with Crippen molar-refractivity contribution in [3.8, 4) is 0 Å². The molecule has 1 unspecified atom stereocenters. The van der Waals surface area contributed by atoms with Crippen LogP contribution in [0, 0.1) is 5.82 Å². The topological polar surface area (TPSA) is 57.3 Å². The van der Waals surface area contributed by atoms with Crippen LogP contribution in [0.3, 0.4) is 0 Å². The smallest absolute Gasteiger partial charge is 0.255 e. The molecule has 5 nitrogen and oxygen atoms in total. The molecule has 1 atom stereocenters. The highest BCUT2D eigenvalue weighted by atomic mass is 19.1. The molecule has 1 heterocycles. The highest BCUT2D eigenvalue weighted by Gasteiger charge is 2.29. The van der Waals surface area contributed by atoms with Crippen LogP contribution in [0.25, 0.3) is 0 Å². The molecule has 0 radical (unpaired) electrons. The molecule has 1 aromatic rings. The zero-order valence-electron chi connectivity index (χ0n) is 12.8. The van der Waals surface area contributed by atoms with Crippen molar-refractivity contribution in [1.29, 1.82) is 0 Å². The van der Waals surface area contributed by atoms with Crippen molar-refractivity contribution in [3.63, 3.8) is 0 Å². The molecule has 1 aliphatic rings. The Morgan fingerprint density at radius 2 is 2.29 bits per heavy atom. The Balaban J connectivity index is 1.97. The van der Waals surface area contributed by atoms with Gasteiger partial charge in [0, 0.05) is 25.2 Å². The third-order valence-electron chi connectivity index (χ3n) is 3.82. The molecule has 0 saturated heterocycles. The summed E-state index contributed by atoms with van der Waals surface area (Å²) in [6, 6.07) is 2.12. The second-order valence-electron chi connectivity index (χ2n) is 5.54. The number of rotatable bonds is 7. The van der Waals surface area contributed by atoms with Crippen molar-refractivity contribution in [2.24, 2.45) is 0 Å². The van der Waals surface area contributed by atoms with E-state index in [4.69, 9.17) is 0 Å². The van der Waals surface area contributed by atoms with Gasteiger partial charge in [-0.3, -0.25) is 9.69 Å². The van der Waals surface area contributed by atoms with E-state index in [1.807, 2.05) is 6.92 Å². The molecule has 2 rings (SSSR count). The Morgan fingerprint density at radius 1 is 1.57 bits per heavy atom. The summed E-state index contributed by atoms with van der Waals surface area (Å²) in [5, 5.41) is 5.83. The first-order valence-corrected chi connectivity index (χ1v) is 7.42. The molecule has 2 N–H and O–H groups in total. The van der Waals surface area contributed by atoms with Crippen LogP contribution < -0.4 is 10.6 Å². The predicted octanol–water partition coefficient (Wildman–Crippen LogP) is 1.86. The van der Waals surface area contributed by atoms with Gasteiger partial charge in [-0.2, -0.15) is 0 Å². The molecule has 1 saturated carbocycles. The molecule has 0 spiro atoms. The Labute approximate surface area is 124 Å². The van der Waals surface area contributed by atoms with Crippen LogP contribution in [0.2, 0.25) is 0 Å². The number of aromatic nitrogens is 1. The van der Waals surface area contributed by atoms with Crippen molar-refractivity contribution in [1.82, 2.24) is 15.2 Å². The van der Waals surface area contributed by atoms with E-state index in [9.17, 15) is 9.18 Å². The number of halogens is 1. The number of hydrogen-bond donors (Lipinski definition) is 2. The maximum Gasteiger partial charge on any atom is 0.255 e. The summed E-state index contributed by atoms with van der Waals surface area (Å²) in [7, 11) is 2.07. The third kappa shape index (κ3) is 4.14. The number of anilines is 1. The largest absolute Gasteiger partial charge is 0.370 e. The van der Waals surface area contributed by atoms with E-state index in [1.165, 1.54) is 18.9 Å². The predicted molar refractivity (Wildman–Crippen MR) is 80.9 cm³/mol. The maximum atomic E-state index is 13.3. The lowest BCUT2D eigenvalue weighted by molar-refractivity contribution is 0.0939. The van der Waals surface area contributed by atoms with Gasteiger partial charge in [-0.05, 0) is 39.8 Å². The molecule has 21 heavy (non-hydrogen) atoms. The summed E-state index contributed by atoms with van der Waals surface area (Å²) >= 11 is 0. The molecule has 1 aliphatic carbocycles. The number of amides is 1. The average molecular weight is 294 g/mol. The number of carbonyl (C=O) groups excluding carboxylic acids is 1. The van der Waals surface area contributed by atoms with Crippen molar-refractivity contribution in [3.05, 3.63) is 23.6 Å². The number of nitrogens with one attached hydrogen (secondary N) is 2. The summed E-state index contributed by atoms with van der Waals surface area (Å²) in [5.74, 6) is -0.390. The fourth-order valence-corrected chi connectivity index (χ4v) is 2.24. The van der Waals surface area contributed by atoms with Crippen molar-refractivity contribution in [2.45, 2.75) is 38.8 Å². The minimum Gasteiger partial charge on any atom is -0.370 e. The molecular weight excluding hydrogens is 271 g/mol. The average Bonchev–Trinajstić information content (AvgIpc) is 3.30. The molecule has 0 aromatic carbocycles. The van der Waals surface area contributed by atoms with Crippen molar-refractivity contribution in [2.75, 3.05) is 25.5 Å². The summed E-state index contributed by atoms with van der Waals surface area (Å²) in [6.45, 7) is 5.14. The highest BCUT2D eigenvalue weighted by molar-refractivity contribution is 5.98. The zero-order valence-corrected chi connectivity index (χ0v) is 12.8. The van der Waals surface area contributed by atoms with Crippen LogP contribution in [0.5, 0.6) is 0 Å². The monoisotopic (exact) mass is 294 g/mol. The second kappa shape index (κ2) is 6.85. The first kappa shape index (κ1) is 15.7. The van der Waals surface area contributed by atoms with Crippen LogP contribution in [0.1, 0.15) is 37.0 Å². The van der Waals surface area contributed by atoms with Gasteiger partial charge in [0.1, 0.15) is 11.6 Å². The fraction of sp³-hybridized carbons (Fsp3) is 0.600. The van der Waals surface area contributed by atoms with Gasteiger partial charge in [-0.25, -0.2) is 9.37 Å². The van der Waals surface area contributed by atoms with Gasteiger partial charge in [0.2, 0.25) is 0 Å². The minimum atomic E-state index is -0.509. The van der Waals surface area contributed by atoms with Crippen LogP contribution in [-0.4, -0.2) is 48.0 Å². The van der Waals surface area contributed by atoms with E-state index < -0.39 is 5.82 Å². The van der Waals surface area contributed by atoms with Crippen molar-refractivity contribution >= 4 is 11.7 Å².